The molecular formula is C12H24BrNO. The van der Waals surface area contributed by atoms with Crippen molar-refractivity contribution >= 4 is 15.9 Å². The van der Waals surface area contributed by atoms with Crippen LogP contribution < -0.4 is 0 Å². The van der Waals surface area contributed by atoms with Gasteiger partial charge in [-0.3, -0.25) is 0 Å². The molecule has 3 heteroatoms. The number of hydrogen-bond donors (Lipinski definition) is 0. The van der Waals surface area contributed by atoms with Crippen molar-refractivity contribution in [3.05, 3.63) is 0 Å². The maximum Gasteiger partial charge on any atom is 0.0491 e. The fourth-order valence-electron chi connectivity index (χ4n) is 2.22. The Hall–Kier alpha value is 0.400. The Bertz CT molecular complexity index is 154. The van der Waals surface area contributed by atoms with Gasteiger partial charge in [-0.15, -0.1) is 0 Å². The predicted octanol–water partition coefficient (Wildman–Crippen LogP) is 2.77. The lowest BCUT2D eigenvalue weighted by Crippen LogP contribution is -2.38. The molecule has 1 heterocycles. The van der Waals surface area contributed by atoms with E-state index in [1.54, 1.807) is 0 Å². The van der Waals surface area contributed by atoms with Crippen LogP contribution in [0.3, 0.4) is 0 Å². The fraction of sp³-hybridized carbons (Fsp3) is 1.00. The van der Waals surface area contributed by atoms with E-state index < -0.39 is 0 Å². The van der Waals surface area contributed by atoms with Crippen molar-refractivity contribution < 1.29 is 4.74 Å². The molecule has 1 saturated heterocycles. The van der Waals surface area contributed by atoms with Crippen molar-refractivity contribution in [3.63, 3.8) is 0 Å². The molecule has 0 saturated carbocycles. The molecule has 0 spiro atoms. The third kappa shape index (κ3) is 4.83. The number of likely N-dealkylation sites (tertiary alicyclic amines) is 1. The van der Waals surface area contributed by atoms with Crippen LogP contribution in [0.4, 0.5) is 0 Å². The summed E-state index contributed by atoms with van der Waals surface area (Å²) in [6, 6.07) is 0. The molecule has 90 valence electrons. The predicted molar refractivity (Wildman–Crippen MR) is 68.6 cm³/mol. The molecule has 15 heavy (non-hydrogen) atoms. The molecule has 0 N–H and O–H groups in total. The van der Waals surface area contributed by atoms with Gasteiger partial charge in [0.25, 0.3) is 0 Å². The third-order valence-electron chi connectivity index (χ3n) is 3.42. The summed E-state index contributed by atoms with van der Waals surface area (Å²) in [5, 5.41) is 1.14. The van der Waals surface area contributed by atoms with E-state index in [1.807, 2.05) is 7.11 Å². The van der Waals surface area contributed by atoms with E-state index in [-0.39, 0.29) is 0 Å². The third-order valence-corrected chi connectivity index (χ3v) is 4.34. The minimum atomic E-state index is 0.801. The van der Waals surface area contributed by atoms with Gasteiger partial charge < -0.3 is 9.64 Å². The van der Waals surface area contributed by atoms with Gasteiger partial charge in [-0.05, 0) is 37.8 Å². The summed E-state index contributed by atoms with van der Waals surface area (Å²) in [5.74, 6) is 1.62. The quantitative estimate of drug-likeness (QED) is 0.693. The van der Waals surface area contributed by atoms with E-state index >= 15 is 0 Å². The number of hydrogen-bond acceptors (Lipinski definition) is 2. The monoisotopic (exact) mass is 277 g/mol. The van der Waals surface area contributed by atoms with Crippen LogP contribution in [0.15, 0.2) is 0 Å². The average Bonchev–Trinajstić information content (AvgIpc) is 2.28. The van der Waals surface area contributed by atoms with Gasteiger partial charge >= 0.3 is 0 Å². The zero-order chi connectivity index (χ0) is 11.1. The molecule has 2 nitrogen and oxygen atoms in total. The average molecular weight is 278 g/mol. The molecule has 0 bridgehead atoms. The van der Waals surface area contributed by atoms with Gasteiger partial charge in [0.1, 0.15) is 0 Å². The lowest BCUT2D eigenvalue weighted by atomic mass is 9.96. The summed E-state index contributed by atoms with van der Waals surface area (Å²) in [5.41, 5.74) is 0. The van der Waals surface area contributed by atoms with Gasteiger partial charge in [-0.2, -0.15) is 0 Å². The summed E-state index contributed by atoms with van der Waals surface area (Å²) in [6.45, 7) is 7.02. The Morgan fingerprint density at radius 3 is 2.53 bits per heavy atom. The Morgan fingerprint density at radius 1 is 1.40 bits per heavy atom. The zero-order valence-electron chi connectivity index (χ0n) is 10.0. The fourth-order valence-corrected chi connectivity index (χ4v) is 2.89. The number of rotatable bonds is 6. The number of piperidine rings is 1. The van der Waals surface area contributed by atoms with Crippen molar-refractivity contribution in [3.8, 4) is 0 Å². The molecule has 0 aliphatic carbocycles. The Labute approximate surface area is 102 Å². The first-order valence-corrected chi connectivity index (χ1v) is 7.19. The van der Waals surface area contributed by atoms with Gasteiger partial charge in [0.15, 0.2) is 0 Å². The first kappa shape index (κ1) is 13.5. The van der Waals surface area contributed by atoms with Crippen molar-refractivity contribution in [1.29, 1.82) is 0 Å². The highest BCUT2D eigenvalue weighted by atomic mass is 79.9. The van der Waals surface area contributed by atoms with Gasteiger partial charge in [-0.1, -0.05) is 29.3 Å². The minimum absolute atomic E-state index is 0.801. The number of methoxy groups -OCH3 is 1. The first-order chi connectivity index (χ1) is 7.30. The van der Waals surface area contributed by atoms with Crippen LogP contribution >= 0.6 is 15.9 Å². The van der Waals surface area contributed by atoms with Crippen LogP contribution in [0.1, 0.15) is 26.2 Å². The van der Waals surface area contributed by atoms with Crippen LogP contribution in [-0.4, -0.2) is 43.6 Å². The molecule has 0 aromatic heterocycles. The number of ether oxygens (including phenoxy) is 1. The Morgan fingerprint density at radius 2 is 2.07 bits per heavy atom. The minimum Gasteiger partial charge on any atom is -0.384 e. The number of halogens is 1. The first-order valence-electron chi connectivity index (χ1n) is 6.07. The molecule has 0 aromatic carbocycles. The second-order valence-electron chi connectivity index (χ2n) is 4.63. The Balaban J connectivity index is 2.19. The van der Waals surface area contributed by atoms with Crippen LogP contribution in [0.2, 0.25) is 0 Å². The summed E-state index contributed by atoms with van der Waals surface area (Å²) in [6.07, 6.45) is 3.91. The second kappa shape index (κ2) is 7.64. The number of nitrogens with zero attached hydrogens (tertiary/aromatic N) is 1. The molecule has 1 aliphatic rings. The lowest BCUT2D eigenvalue weighted by Gasteiger charge is -2.33. The van der Waals surface area contributed by atoms with Crippen molar-refractivity contribution in [2.24, 2.45) is 11.8 Å². The van der Waals surface area contributed by atoms with Gasteiger partial charge in [0, 0.05) is 25.6 Å². The summed E-state index contributed by atoms with van der Waals surface area (Å²) < 4.78 is 5.21. The van der Waals surface area contributed by atoms with Crippen LogP contribution in [-0.2, 0) is 4.74 Å². The van der Waals surface area contributed by atoms with E-state index in [0.717, 1.165) is 23.8 Å². The summed E-state index contributed by atoms with van der Waals surface area (Å²) in [7, 11) is 1.81. The SMILES string of the molecule is CCC(CBr)CN1CCC(COC)CC1. The van der Waals surface area contributed by atoms with Crippen LogP contribution in [0, 0.1) is 11.8 Å². The van der Waals surface area contributed by atoms with Gasteiger partial charge in [0.05, 0.1) is 0 Å². The summed E-state index contributed by atoms with van der Waals surface area (Å²) >= 11 is 3.59. The molecule has 1 unspecified atom stereocenters. The van der Waals surface area contributed by atoms with Gasteiger partial charge in [0.2, 0.25) is 0 Å². The zero-order valence-corrected chi connectivity index (χ0v) is 11.6. The Kier molecular flexibility index (Phi) is 6.86. The van der Waals surface area contributed by atoms with Crippen molar-refractivity contribution in [2.75, 3.05) is 38.7 Å². The van der Waals surface area contributed by atoms with E-state index in [2.05, 4.69) is 27.8 Å². The maximum atomic E-state index is 5.21. The smallest absolute Gasteiger partial charge is 0.0491 e. The molecule has 1 aliphatic heterocycles. The molecular weight excluding hydrogens is 254 g/mol. The lowest BCUT2D eigenvalue weighted by molar-refractivity contribution is 0.0938. The highest BCUT2D eigenvalue weighted by Crippen LogP contribution is 2.19. The van der Waals surface area contributed by atoms with E-state index in [0.29, 0.717) is 0 Å². The van der Waals surface area contributed by atoms with E-state index in [1.165, 1.54) is 38.9 Å². The molecule has 0 aromatic rings. The van der Waals surface area contributed by atoms with Crippen LogP contribution in [0.25, 0.3) is 0 Å². The van der Waals surface area contributed by atoms with E-state index in [4.69, 9.17) is 4.74 Å². The largest absolute Gasteiger partial charge is 0.384 e. The summed E-state index contributed by atoms with van der Waals surface area (Å²) in [4.78, 5) is 2.61. The van der Waals surface area contributed by atoms with Gasteiger partial charge in [-0.25, -0.2) is 0 Å². The highest BCUT2D eigenvalue weighted by Gasteiger charge is 2.20. The molecule has 0 radical (unpaired) electrons. The van der Waals surface area contributed by atoms with Crippen LogP contribution in [0.5, 0.6) is 0 Å². The standard InChI is InChI=1S/C12H24BrNO/c1-3-11(8-13)9-14-6-4-12(5-7-14)10-15-2/h11-12H,3-10H2,1-2H3. The highest BCUT2D eigenvalue weighted by molar-refractivity contribution is 9.09. The second-order valence-corrected chi connectivity index (χ2v) is 5.28. The molecule has 0 amide bonds. The topological polar surface area (TPSA) is 12.5 Å². The van der Waals surface area contributed by atoms with E-state index in [9.17, 15) is 0 Å². The molecule has 1 fully saturated rings. The molecule has 1 atom stereocenters. The maximum absolute atomic E-state index is 5.21. The molecule has 1 rings (SSSR count). The van der Waals surface area contributed by atoms with Crippen molar-refractivity contribution in [1.82, 2.24) is 4.90 Å². The normalized spacial score (nSPS) is 21.8. The number of alkyl halides is 1. The van der Waals surface area contributed by atoms with Crippen molar-refractivity contribution in [2.45, 2.75) is 26.2 Å².